The van der Waals surface area contributed by atoms with Crippen LogP contribution in [0.3, 0.4) is 0 Å². The summed E-state index contributed by atoms with van der Waals surface area (Å²) in [7, 11) is 0. The standard InChI is InChI=1S/C13H22N2OS/c1-12(2,3)10-8-17-11(14-10)7-15-6-5-13(4,16)9-15/h8,16H,5-7,9H2,1-4H3. The second-order valence-corrected chi connectivity index (χ2v) is 7.28. The molecule has 0 amide bonds. The van der Waals surface area contributed by atoms with Gasteiger partial charge in [-0.05, 0) is 13.3 Å². The minimum atomic E-state index is -0.510. The number of β-amino-alcohol motifs (C(OH)–C–C–N with tert-alkyl or cyclic N) is 1. The molecule has 1 aliphatic rings. The Balaban J connectivity index is 1.99. The molecule has 1 aromatic rings. The van der Waals surface area contributed by atoms with E-state index >= 15 is 0 Å². The fourth-order valence-corrected chi connectivity index (χ4v) is 3.16. The molecule has 4 heteroatoms. The molecule has 96 valence electrons. The van der Waals surface area contributed by atoms with Crippen LogP contribution in [0.25, 0.3) is 0 Å². The normalized spacial score (nSPS) is 26.6. The number of thiazole rings is 1. The molecule has 2 rings (SSSR count). The van der Waals surface area contributed by atoms with E-state index in [4.69, 9.17) is 0 Å². The van der Waals surface area contributed by atoms with Crippen molar-refractivity contribution in [2.75, 3.05) is 13.1 Å². The average molecular weight is 254 g/mol. The fourth-order valence-electron chi connectivity index (χ4n) is 2.09. The topological polar surface area (TPSA) is 36.4 Å². The van der Waals surface area contributed by atoms with Gasteiger partial charge in [-0.1, -0.05) is 20.8 Å². The molecule has 3 nitrogen and oxygen atoms in total. The molecule has 0 bridgehead atoms. The van der Waals surface area contributed by atoms with Gasteiger partial charge in [0.1, 0.15) is 5.01 Å². The highest BCUT2D eigenvalue weighted by atomic mass is 32.1. The molecule has 0 aromatic carbocycles. The minimum absolute atomic E-state index is 0.130. The van der Waals surface area contributed by atoms with Crippen LogP contribution in [0.4, 0.5) is 0 Å². The van der Waals surface area contributed by atoms with Gasteiger partial charge in [-0.15, -0.1) is 11.3 Å². The molecule has 1 N–H and O–H groups in total. The van der Waals surface area contributed by atoms with Crippen molar-refractivity contribution in [2.24, 2.45) is 0 Å². The summed E-state index contributed by atoms with van der Waals surface area (Å²) in [4.78, 5) is 6.97. The van der Waals surface area contributed by atoms with Gasteiger partial charge < -0.3 is 5.11 Å². The number of nitrogens with zero attached hydrogens (tertiary/aromatic N) is 2. The van der Waals surface area contributed by atoms with Crippen LogP contribution >= 0.6 is 11.3 Å². The molecule has 2 heterocycles. The van der Waals surface area contributed by atoms with Gasteiger partial charge in [0.05, 0.1) is 17.8 Å². The number of hydrogen-bond acceptors (Lipinski definition) is 4. The number of hydrogen-bond donors (Lipinski definition) is 1. The van der Waals surface area contributed by atoms with E-state index in [0.717, 1.165) is 31.1 Å². The Labute approximate surface area is 107 Å². The SMILES string of the molecule is CC1(O)CCN(Cc2nc(C(C)(C)C)cs2)C1. The molecule has 1 atom stereocenters. The number of likely N-dealkylation sites (tertiary alicyclic amines) is 1. The van der Waals surface area contributed by atoms with E-state index in [1.165, 1.54) is 5.69 Å². The Morgan fingerprint density at radius 3 is 2.71 bits per heavy atom. The smallest absolute Gasteiger partial charge is 0.107 e. The number of rotatable bonds is 2. The van der Waals surface area contributed by atoms with Gasteiger partial charge in [0, 0.05) is 23.9 Å². The summed E-state index contributed by atoms with van der Waals surface area (Å²) in [5.74, 6) is 0. The summed E-state index contributed by atoms with van der Waals surface area (Å²) in [5, 5.41) is 13.2. The van der Waals surface area contributed by atoms with E-state index in [9.17, 15) is 5.11 Å². The zero-order valence-corrected chi connectivity index (χ0v) is 12.0. The second kappa shape index (κ2) is 4.34. The highest BCUT2D eigenvalue weighted by Gasteiger charge is 2.31. The van der Waals surface area contributed by atoms with Crippen molar-refractivity contribution in [1.82, 2.24) is 9.88 Å². The van der Waals surface area contributed by atoms with Crippen molar-refractivity contribution in [2.45, 2.75) is 51.7 Å². The van der Waals surface area contributed by atoms with Crippen LogP contribution in [0.5, 0.6) is 0 Å². The summed E-state index contributed by atoms with van der Waals surface area (Å²) < 4.78 is 0. The first-order valence-electron chi connectivity index (χ1n) is 6.16. The van der Waals surface area contributed by atoms with E-state index < -0.39 is 5.60 Å². The third-order valence-corrected chi connectivity index (χ3v) is 4.04. The van der Waals surface area contributed by atoms with Crippen LogP contribution in [0.15, 0.2) is 5.38 Å². The van der Waals surface area contributed by atoms with E-state index in [1.54, 1.807) is 11.3 Å². The number of aromatic nitrogens is 1. The van der Waals surface area contributed by atoms with Crippen molar-refractivity contribution in [3.63, 3.8) is 0 Å². The van der Waals surface area contributed by atoms with Crippen LogP contribution in [-0.4, -0.2) is 33.7 Å². The van der Waals surface area contributed by atoms with E-state index in [2.05, 4.69) is 36.0 Å². The van der Waals surface area contributed by atoms with Crippen LogP contribution in [0.2, 0.25) is 0 Å². The Kier molecular flexibility index (Phi) is 3.31. The maximum atomic E-state index is 9.92. The summed E-state index contributed by atoms with van der Waals surface area (Å²) >= 11 is 1.73. The zero-order valence-electron chi connectivity index (χ0n) is 11.2. The third kappa shape index (κ3) is 3.27. The lowest BCUT2D eigenvalue weighted by Gasteiger charge is -2.18. The van der Waals surface area contributed by atoms with Crippen molar-refractivity contribution < 1.29 is 5.11 Å². The molecule has 0 saturated carbocycles. The lowest BCUT2D eigenvalue weighted by Crippen LogP contribution is -2.29. The quantitative estimate of drug-likeness (QED) is 0.880. The van der Waals surface area contributed by atoms with Gasteiger partial charge in [-0.3, -0.25) is 4.90 Å². The van der Waals surface area contributed by atoms with Crippen LogP contribution in [0.1, 0.15) is 44.8 Å². The van der Waals surface area contributed by atoms with Gasteiger partial charge in [-0.2, -0.15) is 0 Å². The lowest BCUT2D eigenvalue weighted by molar-refractivity contribution is 0.0679. The Morgan fingerprint density at radius 1 is 1.53 bits per heavy atom. The Morgan fingerprint density at radius 2 is 2.24 bits per heavy atom. The highest BCUT2D eigenvalue weighted by Crippen LogP contribution is 2.26. The molecule has 1 fully saturated rings. The molecule has 0 radical (unpaired) electrons. The summed E-state index contributed by atoms with van der Waals surface area (Å²) in [6.07, 6.45) is 0.866. The van der Waals surface area contributed by atoms with Crippen molar-refractivity contribution in [1.29, 1.82) is 0 Å². The average Bonchev–Trinajstić information content (AvgIpc) is 2.72. The molecule has 0 spiro atoms. The van der Waals surface area contributed by atoms with Crippen LogP contribution < -0.4 is 0 Å². The molecule has 1 saturated heterocycles. The predicted octanol–water partition coefficient (Wildman–Crippen LogP) is 2.40. The van der Waals surface area contributed by atoms with E-state index in [-0.39, 0.29) is 5.41 Å². The number of aliphatic hydroxyl groups is 1. The highest BCUT2D eigenvalue weighted by molar-refractivity contribution is 7.09. The molecular weight excluding hydrogens is 232 g/mol. The van der Waals surface area contributed by atoms with Gasteiger partial charge >= 0.3 is 0 Å². The Hall–Kier alpha value is -0.450. The molecular formula is C13H22N2OS. The third-order valence-electron chi connectivity index (χ3n) is 3.21. The minimum Gasteiger partial charge on any atom is -0.389 e. The van der Waals surface area contributed by atoms with Crippen molar-refractivity contribution in [3.05, 3.63) is 16.1 Å². The first kappa shape index (κ1) is 13.0. The van der Waals surface area contributed by atoms with E-state index in [1.807, 2.05) is 6.92 Å². The second-order valence-electron chi connectivity index (χ2n) is 6.33. The van der Waals surface area contributed by atoms with Gasteiger partial charge in [-0.25, -0.2) is 4.98 Å². The summed E-state index contributed by atoms with van der Waals surface area (Å²) in [5.41, 5.74) is 0.790. The van der Waals surface area contributed by atoms with Crippen LogP contribution in [0, 0.1) is 0 Å². The molecule has 1 aromatic heterocycles. The largest absolute Gasteiger partial charge is 0.389 e. The first-order valence-corrected chi connectivity index (χ1v) is 7.04. The summed E-state index contributed by atoms with van der Waals surface area (Å²) in [6, 6.07) is 0. The molecule has 1 unspecified atom stereocenters. The van der Waals surface area contributed by atoms with Crippen LogP contribution in [-0.2, 0) is 12.0 Å². The lowest BCUT2D eigenvalue weighted by atomic mass is 9.93. The molecule has 17 heavy (non-hydrogen) atoms. The maximum absolute atomic E-state index is 9.92. The molecule has 0 aliphatic carbocycles. The first-order chi connectivity index (χ1) is 7.76. The Bertz CT molecular complexity index is 392. The monoisotopic (exact) mass is 254 g/mol. The maximum Gasteiger partial charge on any atom is 0.107 e. The van der Waals surface area contributed by atoms with Crippen molar-refractivity contribution in [3.8, 4) is 0 Å². The molecule has 1 aliphatic heterocycles. The van der Waals surface area contributed by atoms with Crippen molar-refractivity contribution >= 4 is 11.3 Å². The zero-order chi connectivity index (χ0) is 12.7. The van der Waals surface area contributed by atoms with Gasteiger partial charge in [0.15, 0.2) is 0 Å². The summed E-state index contributed by atoms with van der Waals surface area (Å²) in [6.45, 7) is 11.1. The fraction of sp³-hybridized carbons (Fsp3) is 0.769. The van der Waals surface area contributed by atoms with Gasteiger partial charge in [0.2, 0.25) is 0 Å². The van der Waals surface area contributed by atoms with E-state index in [0.29, 0.717) is 0 Å². The van der Waals surface area contributed by atoms with Gasteiger partial charge in [0.25, 0.3) is 0 Å². The predicted molar refractivity (Wildman–Crippen MR) is 71.3 cm³/mol.